The van der Waals surface area contributed by atoms with Crippen LogP contribution in [0.1, 0.15) is 12.8 Å². The fourth-order valence-corrected chi connectivity index (χ4v) is 2.03. The summed E-state index contributed by atoms with van der Waals surface area (Å²) in [6.45, 7) is -4.78. The quantitative estimate of drug-likeness (QED) is 0.360. The van der Waals surface area contributed by atoms with E-state index in [4.69, 9.17) is 0 Å². The fraction of sp³-hybridized carbons (Fsp3) is 0.714. The van der Waals surface area contributed by atoms with Crippen LogP contribution in [0.3, 0.4) is 0 Å². The van der Waals surface area contributed by atoms with Gasteiger partial charge in [-0.1, -0.05) is 12.2 Å². The highest BCUT2D eigenvalue weighted by molar-refractivity contribution is 5.84. The minimum Gasteiger partial charge on any atom is -0.459 e. The van der Waals surface area contributed by atoms with E-state index in [-0.39, 0.29) is 12.8 Å². The molecule has 1 aliphatic carbocycles. The minimum absolute atomic E-state index is 0.0396. The standard InChI is InChI=1S/C14H12F10O4/c15-11(16,13(19,20)21)5-27-9(25)7-3-1-2-4-8(7)10(26)28-6-12(17,18)14(22,23)24/h1,3,7-8H,2,4-6H2. The van der Waals surface area contributed by atoms with Gasteiger partial charge in [0, 0.05) is 0 Å². The molecule has 0 amide bonds. The molecule has 28 heavy (non-hydrogen) atoms. The zero-order valence-electron chi connectivity index (χ0n) is 13.6. The number of esters is 2. The number of hydrogen-bond acceptors (Lipinski definition) is 4. The summed E-state index contributed by atoms with van der Waals surface area (Å²) in [6, 6.07) is 0. The zero-order chi connectivity index (χ0) is 22.0. The Hall–Kier alpha value is -2.02. The predicted octanol–water partition coefficient (Wildman–Crippen LogP) is 4.05. The van der Waals surface area contributed by atoms with Gasteiger partial charge in [-0.3, -0.25) is 9.59 Å². The maximum atomic E-state index is 12.8. The molecule has 0 aromatic rings. The molecule has 14 heteroatoms. The van der Waals surface area contributed by atoms with Crippen LogP contribution in [0.5, 0.6) is 0 Å². The van der Waals surface area contributed by atoms with Gasteiger partial charge in [-0.25, -0.2) is 0 Å². The van der Waals surface area contributed by atoms with E-state index in [1.807, 2.05) is 0 Å². The van der Waals surface area contributed by atoms with E-state index in [2.05, 4.69) is 9.47 Å². The number of carbonyl (C=O) groups is 2. The highest BCUT2D eigenvalue weighted by Gasteiger charge is 2.59. The van der Waals surface area contributed by atoms with E-state index in [0.29, 0.717) is 0 Å². The molecular weight excluding hydrogens is 422 g/mol. The van der Waals surface area contributed by atoms with Crippen molar-refractivity contribution in [1.82, 2.24) is 0 Å². The normalized spacial score (nSPS) is 21.4. The minimum atomic E-state index is -6.02. The number of hydrogen-bond donors (Lipinski definition) is 0. The Morgan fingerprint density at radius 2 is 1.21 bits per heavy atom. The van der Waals surface area contributed by atoms with Gasteiger partial charge in [-0.15, -0.1) is 0 Å². The summed E-state index contributed by atoms with van der Waals surface area (Å²) in [6.07, 6.45) is -10.2. The van der Waals surface area contributed by atoms with E-state index in [1.54, 1.807) is 0 Å². The summed E-state index contributed by atoms with van der Waals surface area (Å²) < 4.78 is 131. The highest BCUT2D eigenvalue weighted by atomic mass is 19.4. The molecule has 4 nitrogen and oxygen atoms in total. The van der Waals surface area contributed by atoms with Crippen molar-refractivity contribution in [3.8, 4) is 0 Å². The molecular formula is C14H12F10O4. The van der Waals surface area contributed by atoms with E-state index in [0.717, 1.165) is 6.08 Å². The summed E-state index contributed by atoms with van der Waals surface area (Å²) in [5.41, 5.74) is 0. The van der Waals surface area contributed by atoms with Gasteiger partial charge in [0.1, 0.15) is 0 Å². The number of carbonyl (C=O) groups excluding carboxylic acids is 2. The molecule has 0 heterocycles. The summed E-state index contributed by atoms with van der Waals surface area (Å²) in [7, 11) is 0. The van der Waals surface area contributed by atoms with Gasteiger partial charge < -0.3 is 9.47 Å². The number of halogens is 10. The molecule has 1 aliphatic rings. The lowest BCUT2D eigenvalue weighted by Crippen LogP contribution is -2.44. The lowest BCUT2D eigenvalue weighted by Gasteiger charge is -2.27. The molecule has 0 spiro atoms. The monoisotopic (exact) mass is 434 g/mol. The van der Waals surface area contributed by atoms with Crippen LogP contribution in [0, 0.1) is 11.8 Å². The zero-order valence-corrected chi connectivity index (χ0v) is 13.6. The van der Waals surface area contributed by atoms with Crippen molar-refractivity contribution in [3.05, 3.63) is 12.2 Å². The third-order valence-corrected chi connectivity index (χ3v) is 3.62. The number of rotatable bonds is 6. The number of allylic oxidation sites excluding steroid dienone is 1. The first-order chi connectivity index (χ1) is 12.5. The smallest absolute Gasteiger partial charge is 0.456 e. The molecule has 0 fully saturated rings. The summed E-state index contributed by atoms with van der Waals surface area (Å²) in [5, 5.41) is 0. The molecule has 0 aliphatic heterocycles. The number of ether oxygens (including phenoxy) is 2. The molecule has 2 unspecified atom stereocenters. The van der Waals surface area contributed by atoms with E-state index < -0.39 is 61.2 Å². The topological polar surface area (TPSA) is 52.6 Å². The van der Waals surface area contributed by atoms with Crippen molar-refractivity contribution in [2.24, 2.45) is 11.8 Å². The molecule has 0 aromatic heterocycles. The molecule has 1 rings (SSSR count). The maximum absolute atomic E-state index is 12.8. The Labute approximate surface area is 150 Å². The lowest BCUT2D eigenvalue weighted by atomic mass is 9.84. The summed E-state index contributed by atoms with van der Waals surface area (Å²) >= 11 is 0. The lowest BCUT2D eigenvalue weighted by molar-refractivity contribution is -0.295. The van der Waals surface area contributed by atoms with Crippen molar-refractivity contribution in [1.29, 1.82) is 0 Å². The SMILES string of the molecule is O=C(OCC(F)(F)C(F)(F)F)C1C=CCCC1C(=O)OCC(F)(F)C(F)(F)F. The third kappa shape index (κ3) is 5.74. The van der Waals surface area contributed by atoms with Gasteiger partial charge >= 0.3 is 36.1 Å². The van der Waals surface area contributed by atoms with Crippen molar-refractivity contribution in [2.45, 2.75) is 37.0 Å². The van der Waals surface area contributed by atoms with Crippen LogP contribution < -0.4 is 0 Å². The van der Waals surface area contributed by atoms with Gasteiger partial charge in [-0.2, -0.15) is 43.9 Å². The molecule has 0 bridgehead atoms. The van der Waals surface area contributed by atoms with Gasteiger partial charge in [0.2, 0.25) is 0 Å². The molecule has 0 aromatic carbocycles. The van der Waals surface area contributed by atoms with Gasteiger partial charge in [0.05, 0.1) is 11.8 Å². The Morgan fingerprint density at radius 3 is 1.64 bits per heavy atom. The second-order valence-electron chi connectivity index (χ2n) is 5.76. The largest absolute Gasteiger partial charge is 0.459 e. The van der Waals surface area contributed by atoms with Crippen molar-refractivity contribution in [3.63, 3.8) is 0 Å². The molecule has 0 saturated heterocycles. The average Bonchev–Trinajstić information content (AvgIpc) is 2.55. The second-order valence-corrected chi connectivity index (χ2v) is 5.76. The number of alkyl halides is 10. The third-order valence-electron chi connectivity index (χ3n) is 3.62. The van der Waals surface area contributed by atoms with Gasteiger partial charge in [0.25, 0.3) is 0 Å². The van der Waals surface area contributed by atoms with Crippen molar-refractivity contribution >= 4 is 11.9 Å². The van der Waals surface area contributed by atoms with Crippen molar-refractivity contribution < 1.29 is 63.0 Å². The molecule has 162 valence electrons. The van der Waals surface area contributed by atoms with Crippen LogP contribution in [0.25, 0.3) is 0 Å². The summed E-state index contributed by atoms with van der Waals surface area (Å²) in [5.74, 6) is -17.6. The molecule has 0 radical (unpaired) electrons. The maximum Gasteiger partial charge on any atom is 0.456 e. The van der Waals surface area contributed by atoms with E-state index in [1.165, 1.54) is 6.08 Å². The Morgan fingerprint density at radius 1 is 0.786 bits per heavy atom. The Balaban J connectivity index is 2.78. The Bertz CT molecular complexity index is 608. The average molecular weight is 434 g/mol. The first kappa shape index (κ1) is 24.0. The first-order valence-corrected chi connectivity index (χ1v) is 7.38. The van der Waals surface area contributed by atoms with Crippen molar-refractivity contribution in [2.75, 3.05) is 13.2 Å². The second kappa shape index (κ2) is 8.15. The first-order valence-electron chi connectivity index (χ1n) is 7.38. The van der Waals surface area contributed by atoms with E-state index >= 15 is 0 Å². The van der Waals surface area contributed by atoms with Gasteiger partial charge in [-0.05, 0) is 12.8 Å². The Kier molecular flexibility index (Phi) is 6.99. The van der Waals surface area contributed by atoms with Gasteiger partial charge in [0.15, 0.2) is 13.2 Å². The predicted molar refractivity (Wildman–Crippen MR) is 69.3 cm³/mol. The van der Waals surface area contributed by atoms with Crippen LogP contribution in [-0.4, -0.2) is 49.4 Å². The highest BCUT2D eigenvalue weighted by Crippen LogP contribution is 2.37. The molecule has 0 saturated carbocycles. The van der Waals surface area contributed by atoms with Crippen LogP contribution in [0.15, 0.2) is 12.2 Å². The van der Waals surface area contributed by atoms with Crippen LogP contribution in [0.4, 0.5) is 43.9 Å². The van der Waals surface area contributed by atoms with E-state index in [9.17, 15) is 53.5 Å². The van der Waals surface area contributed by atoms with Crippen LogP contribution >= 0.6 is 0 Å². The fourth-order valence-electron chi connectivity index (χ4n) is 2.03. The molecule has 2 atom stereocenters. The van der Waals surface area contributed by atoms with Crippen LogP contribution in [-0.2, 0) is 19.1 Å². The molecule has 0 N–H and O–H groups in total. The summed E-state index contributed by atoms with van der Waals surface area (Å²) in [4.78, 5) is 23.5. The van der Waals surface area contributed by atoms with Crippen LogP contribution in [0.2, 0.25) is 0 Å².